The molecule has 0 aromatic carbocycles. The minimum Gasteiger partial charge on any atom is -0.411 e. The molecule has 1 aliphatic rings. The van der Waals surface area contributed by atoms with E-state index in [-0.39, 0.29) is 6.04 Å². The van der Waals surface area contributed by atoms with Crippen molar-refractivity contribution in [2.75, 3.05) is 20.1 Å². The maximum atomic E-state index is 8.71. The number of piperidine rings is 1. The molecule has 0 spiro atoms. The van der Waals surface area contributed by atoms with E-state index >= 15 is 0 Å². The third-order valence-corrected chi connectivity index (χ3v) is 3.34. The molecule has 0 aliphatic carbocycles. The standard InChI is InChI=1S/C11H23N3O/c1-9(13-15)10(2)14(3)8-11-6-4-5-7-12-11/h10-12,15H,4-8H2,1-3H3. The predicted octanol–water partition coefficient (Wildman–Crippen LogP) is 1.30. The van der Waals surface area contributed by atoms with E-state index in [0.29, 0.717) is 6.04 Å². The molecule has 0 saturated carbocycles. The maximum Gasteiger partial charge on any atom is 0.0708 e. The molecule has 4 heteroatoms. The highest BCUT2D eigenvalue weighted by Crippen LogP contribution is 2.09. The Bertz CT molecular complexity index is 212. The lowest BCUT2D eigenvalue weighted by molar-refractivity contribution is 0.241. The lowest BCUT2D eigenvalue weighted by Gasteiger charge is -2.31. The summed E-state index contributed by atoms with van der Waals surface area (Å²) in [5.74, 6) is 0. The number of nitrogens with one attached hydrogen (secondary N) is 1. The zero-order valence-corrected chi connectivity index (χ0v) is 10.0. The summed E-state index contributed by atoms with van der Waals surface area (Å²) in [6, 6.07) is 0.802. The predicted molar refractivity (Wildman–Crippen MR) is 62.6 cm³/mol. The lowest BCUT2D eigenvalue weighted by Crippen LogP contribution is -2.46. The van der Waals surface area contributed by atoms with Crippen LogP contribution in [0.1, 0.15) is 33.1 Å². The summed E-state index contributed by atoms with van der Waals surface area (Å²) in [6.07, 6.45) is 3.88. The van der Waals surface area contributed by atoms with Crippen LogP contribution >= 0.6 is 0 Å². The number of nitrogens with zero attached hydrogens (tertiary/aromatic N) is 2. The smallest absolute Gasteiger partial charge is 0.0708 e. The first-order valence-corrected chi connectivity index (χ1v) is 5.77. The van der Waals surface area contributed by atoms with Crippen LogP contribution in [0.15, 0.2) is 5.16 Å². The monoisotopic (exact) mass is 213 g/mol. The van der Waals surface area contributed by atoms with E-state index in [1.807, 2.05) is 6.92 Å². The Hall–Kier alpha value is -0.610. The highest BCUT2D eigenvalue weighted by molar-refractivity contribution is 5.86. The second-order valence-electron chi connectivity index (χ2n) is 4.50. The van der Waals surface area contributed by atoms with Crippen molar-refractivity contribution in [3.05, 3.63) is 0 Å². The number of oxime groups is 1. The molecule has 15 heavy (non-hydrogen) atoms. The molecule has 0 aromatic heterocycles. The molecule has 2 N–H and O–H groups in total. The summed E-state index contributed by atoms with van der Waals surface area (Å²) >= 11 is 0. The molecule has 1 heterocycles. The van der Waals surface area contributed by atoms with Crippen molar-refractivity contribution in [3.8, 4) is 0 Å². The second-order valence-corrected chi connectivity index (χ2v) is 4.50. The highest BCUT2D eigenvalue weighted by Gasteiger charge is 2.19. The molecule has 0 bridgehead atoms. The van der Waals surface area contributed by atoms with Crippen LogP contribution in [0.25, 0.3) is 0 Å². The second kappa shape index (κ2) is 6.08. The van der Waals surface area contributed by atoms with Crippen LogP contribution in [0.4, 0.5) is 0 Å². The molecule has 1 saturated heterocycles. The first kappa shape index (κ1) is 12.5. The number of hydrogen-bond acceptors (Lipinski definition) is 4. The van der Waals surface area contributed by atoms with Gasteiger partial charge in [-0.15, -0.1) is 0 Å². The van der Waals surface area contributed by atoms with Gasteiger partial charge in [-0.2, -0.15) is 0 Å². The molecule has 0 aromatic rings. The summed E-state index contributed by atoms with van der Waals surface area (Å²) in [6.45, 7) is 6.08. The van der Waals surface area contributed by atoms with Crippen LogP contribution in [0, 0.1) is 0 Å². The van der Waals surface area contributed by atoms with Gasteiger partial charge < -0.3 is 10.5 Å². The molecule has 2 atom stereocenters. The van der Waals surface area contributed by atoms with Gasteiger partial charge in [0.15, 0.2) is 0 Å². The van der Waals surface area contributed by atoms with Crippen LogP contribution in [0.5, 0.6) is 0 Å². The molecule has 88 valence electrons. The molecule has 0 amide bonds. The van der Waals surface area contributed by atoms with E-state index in [9.17, 15) is 0 Å². The zero-order valence-electron chi connectivity index (χ0n) is 10.0. The molecule has 1 aliphatic heterocycles. The van der Waals surface area contributed by atoms with Gasteiger partial charge in [0, 0.05) is 18.6 Å². The fraction of sp³-hybridized carbons (Fsp3) is 0.909. The van der Waals surface area contributed by atoms with Crippen molar-refractivity contribution in [3.63, 3.8) is 0 Å². The molecular weight excluding hydrogens is 190 g/mol. The summed E-state index contributed by atoms with van der Waals surface area (Å²) in [4.78, 5) is 2.23. The van der Waals surface area contributed by atoms with E-state index in [4.69, 9.17) is 5.21 Å². The van der Waals surface area contributed by atoms with Crippen LogP contribution in [0.3, 0.4) is 0 Å². The largest absolute Gasteiger partial charge is 0.411 e. The molecule has 2 unspecified atom stereocenters. The van der Waals surface area contributed by atoms with Crippen molar-refractivity contribution >= 4 is 5.71 Å². The van der Waals surface area contributed by atoms with Crippen LogP contribution < -0.4 is 5.32 Å². The van der Waals surface area contributed by atoms with Crippen LogP contribution in [0.2, 0.25) is 0 Å². The van der Waals surface area contributed by atoms with E-state index < -0.39 is 0 Å². The highest BCUT2D eigenvalue weighted by atomic mass is 16.4. The van der Waals surface area contributed by atoms with Gasteiger partial charge in [0.2, 0.25) is 0 Å². The van der Waals surface area contributed by atoms with E-state index in [0.717, 1.165) is 18.8 Å². The molecule has 4 nitrogen and oxygen atoms in total. The topological polar surface area (TPSA) is 47.9 Å². The van der Waals surface area contributed by atoms with Gasteiger partial charge in [-0.3, -0.25) is 4.90 Å². The minimum absolute atomic E-state index is 0.207. The SMILES string of the molecule is CC(=NO)C(C)N(C)CC1CCCCN1. The fourth-order valence-electron chi connectivity index (χ4n) is 1.99. The van der Waals surface area contributed by atoms with Crippen molar-refractivity contribution in [1.82, 2.24) is 10.2 Å². The summed E-state index contributed by atoms with van der Waals surface area (Å²) in [5, 5.41) is 15.5. The van der Waals surface area contributed by atoms with Crippen molar-refractivity contribution in [2.45, 2.75) is 45.2 Å². The van der Waals surface area contributed by atoms with Gasteiger partial charge >= 0.3 is 0 Å². The number of rotatable bonds is 4. The van der Waals surface area contributed by atoms with Gasteiger partial charge in [0.1, 0.15) is 0 Å². The third-order valence-electron chi connectivity index (χ3n) is 3.34. The normalized spacial score (nSPS) is 25.6. The van der Waals surface area contributed by atoms with Crippen molar-refractivity contribution in [2.24, 2.45) is 5.16 Å². The van der Waals surface area contributed by atoms with Crippen LogP contribution in [-0.2, 0) is 0 Å². The average molecular weight is 213 g/mol. The van der Waals surface area contributed by atoms with Gasteiger partial charge in [-0.1, -0.05) is 11.6 Å². The number of hydrogen-bond donors (Lipinski definition) is 2. The first-order valence-electron chi connectivity index (χ1n) is 5.77. The van der Waals surface area contributed by atoms with Gasteiger partial charge in [0.25, 0.3) is 0 Å². The Morgan fingerprint density at radius 2 is 2.33 bits per heavy atom. The Morgan fingerprint density at radius 3 is 2.87 bits per heavy atom. The van der Waals surface area contributed by atoms with Gasteiger partial charge in [-0.05, 0) is 40.3 Å². The third kappa shape index (κ3) is 3.80. The Balaban J connectivity index is 2.36. The van der Waals surface area contributed by atoms with E-state index in [1.165, 1.54) is 19.3 Å². The lowest BCUT2D eigenvalue weighted by atomic mass is 10.0. The summed E-state index contributed by atoms with van der Waals surface area (Å²) in [5.41, 5.74) is 0.772. The van der Waals surface area contributed by atoms with Crippen molar-refractivity contribution < 1.29 is 5.21 Å². The van der Waals surface area contributed by atoms with Crippen molar-refractivity contribution in [1.29, 1.82) is 0 Å². The molecular formula is C11H23N3O. The minimum atomic E-state index is 0.207. The first-order chi connectivity index (χ1) is 7.15. The van der Waals surface area contributed by atoms with E-state index in [2.05, 4.69) is 29.3 Å². The Morgan fingerprint density at radius 1 is 1.60 bits per heavy atom. The Labute approximate surface area is 92.3 Å². The quantitative estimate of drug-likeness (QED) is 0.420. The molecule has 0 radical (unpaired) electrons. The van der Waals surface area contributed by atoms with Gasteiger partial charge in [-0.25, -0.2) is 0 Å². The summed E-state index contributed by atoms with van der Waals surface area (Å²) < 4.78 is 0. The fourth-order valence-corrected chi connectivity index (χ4v) is 1.99. The Kier molecular flexibility index (Phi) is 5.05. The number of likely N-dealkylation sites (N-methyl/N-ethyl adjacent to an activating group) is 1. The molecule has 1 fully saturated rings. The average Bonchev–Trinajstić information content (AvgIpc) is 2.28. The maximum absolute atomic E-state index is 8.71. The molecule has 1 rings (SSSR count). The van der Waals surface area contributed by atoms with Gasteiger partial charge in [0.05, 0.1) is 5.71 Å². The van der Waals surface area contributed by atoms with E-state index in [1.54, 1.807) is 0 Å². The summed E-state index contributed by atoms with van der Waals surface area (Å²) in [7, 11) is 2.08. The van der Waals surface area contributed by atoms with Crippen LogP contribution in [-0.4, -0.2) is 48.0 Å². The zero-order chi connectivity index (χ0) is 11.3.